The Bertz CT molecular complexity index is 1010. The van der Waals surface area contributed by atoms with Crippen LogP contribution < -0.4 is 5.32 Å². The number of hydrogen-bond donors (Lipinski definition) is 2. The van der Waals surface area contributed by atoms with Gasteiger partial charge in [0.25, 0.3) is 0 Å². The van der Waals surface area contributed by atoms with Gasteiger partial charge >= 0.3 is 0 Å². The second-order valence-corrected chi connectivity index (χ2v) is 8.02. The van der Waals surface area contributed by atoms with Crippen LogP contribution in [-0.4, -0.2) is 17.6 Å². The monoisotopic (exact) mass is 422 g/mol. The summed E-state index contributed by atoms with van der Waals surface area (Å²) >= 11 is 7.52. The highest BCUT2D eigenvalue weighted by Gasteiger charge is 2.10. The number of nitrogens with zero attached hydrogens (tertiary/aromatic N) is 1. The van der Waals surface area contributed by atoms with Crippen molar-refractivity contribution >= 4 is 29.3 Å². The predicted octanol–water partition coefficient (Wildman–Crippen LogP) is 4.76. The SMILES string of the molecule is N#Cc1ccc(Sc2ccc(CC(=O)NC[C@@H](O)c3cccc(Cl)c3)cc2)cc1. The number of aliphatic hydroxyl groups is 1. The number of halogens is 1. The molecule has 0 aliphatic rings. The summed E-state index contributed by atoms with van der Waals surface area (Å²) in [5, 5.41) is 22.3. The molecule has 2 N–H and O–H groups in total. The van der Waals surface area contributed by atoms with Crippen LogP contribution in [0.4, 0.5) is 0 Å². The summed E-state index contributed by atoms with van der Waals surface area (Å²) in [5.74, 6) is -0.154. The first-order valence-corrected chi connectivity index (χ1v) is 10.2. The number of carbonyl (C=O) groups is 1. The summed E-state index contributed by atoms with van der Waals surface area (Å²) in [5.41, 5.74) is 2.20. The molecule has 1 atom stereocenters. The van der Waals surface area contributed by atoms with Crippen molar-refractivity contribution in [2.75, 3.05) is 6.54 Å². The fraction of sp³-hybridized carbons (Fsp3) is 0.130. The number of rotatable bonds is 7. The lowest BCUT2D eigenvalue weighted by molar-refractivity contribution is -0.120. The van der Waals surface area contributed by atoms with Gasteiger partial charge < -0.3 is 10.4 Å². The van der Waals surface area contributed by atoms with E-state index in [9.17, 15) is 9.90 Å². The van der Waals surface area contributed by atoms with Crippen LogP contribution in [0.1, 0.15) is 22.8 Å². The molecule has 0 fully saturated rings. The maximum Gasteiger partial charge on any atom is 0.224 e. The van der Waals surface area contributed by atoms with Crippen molar-refractivity contribution < 1.29 is 9.90 Å². The van der Waals surface area contributed by atoms with E-state index in [4.69, 9.17) is 16.9 Å². The molecule has 3 aromatic rings. The van der Waals surface area contributed by atoms with Gasteiger partial charge in [0.05, 0.1) is 24.2 Å². The second-order valence-electron chi connectivity index (χ2n) is 6.43. The van der Waals surface area contributed by atoms with E-state index in [-0.39, 0.29) is 18.9 Å². The van der Waals surface area contributed by atoms with Gasteiger partial charge in [-0.25, -0.2) is 0 Å². The predicted molar refractivity (Wildman–Crippen MR) is 115 cm³/mol. The first-order valence-electron chi connectivity index (χ1n) is 9.00. The molecule has 146 valence electrons. The van der Waals surface area contributed by atoms with Gasteiger partial charge in [-0.1, -0.05) is 47.6 Å². The second kappa shape index (κ2) is 10.1. The maximum atomic E-state index is 12.2. The Morgan fingerprint density at radius 1 is 1.07 bits per heavy atom. The van der Waals surface area contributed by atoms with Gasteiger partial charge in [-0.05, 0) is 59.7 Å². The molecular formula is C23H19ClN2O2S. The van der Waals surface area contributed by atoms with Gasteiger partial charge in [-0.2, -0.15) is 5.26 Å². The first kappa shape index (κ1) is 20.9. The van der Waals surface area contributed by atoms with E-state index < -0.39 is 6.10 Å². The third-order valence-electron chi connectivity index (χ3n) is 4.23. The van der Waals surface area contributed by atoms with E-state index in [0.717, 1.165) is 15.4 Å². The summed E-state index contributed by atoms with van der Waals surface area (Å²) in [4.78, 5) is 14.3. The van der Waals surface area contributed by atoms with Gasteiger partial charge in [0, 0.05) is 21.4 Å². The van der Waals surface area contributed by atoms with Crippen molar-refractivity contribution in [2.45, 2.75) is 22.3 Å². The summed E-state index contributed by atoms with van der Waals surface area (Å²) < 4.78 is 0. The Morgan fingerprint density at radius 2 is 1.72 bits per heavy atom. The van der Waals surface area contributed by atoms with Gasteiger partial charge in [0.15, 0.2) is 0 Å². The van der Waals surface area contributed by atoms with Crippen LogP contribution in [0.3, 0.4) is 0 Å². The summed E-state index contributed by atoms with van der Waals surface area (Å²) in [6.45, 7) is 0.131. The van der Waals surface area contributed by atoms with Crippen LogP contribution in [0.25, 0.3) is 0 Å². The van der Waals surface area contributed by atoms with Crippen molar-refractivity contribution in [3.05, 3.63) is 94.5 Å². The molecule has 0 unspecified atom stereocenters. The van der Waals surface area contributed by atoms with E-state index >= 15 is 0 Å². The molecule has 0 saturated carbocycles. The minimum absolute atomic E-state index is 0.131. The topological polar surface area (TPSA) is 73.1 Å². The van der Waals surface area contributed by atoms with Crippen molar-refractivity contribution in [1.82, 2.24) is 5.32 Å². The number of hydrogen-bond acceptors (Lipinski definition) is 4. The molecular weight excluding hydrogens is 404 g/mol. The van der Waals surface area contributed by atoms with Crippen LogP contribution in [0.15, 0.2) is 82.6 Å². The number of nitriles is 1. The quantitative estimate of drug-likeness (QED) is 0.576. The number of nitrogens with one attached hydrogen (secondary N) is 1. The highest BCUT2D eigenvalue weighted by molar-refractivity contribution is 7.99. The molecule has 29 heavy (non-hydrogen) atoms. The zero-order valence-electron chi connectivity index (χ0n) is 15.5. The molecule has 0 heterocycles. The van der Waals surface area contributed by atoms with Crippen LogP contribution in [-0.2, 0) is 11.2 Å². The largest absolute Gasteiger partial charge is 0.387 e. The number of benzene rings is 3. The molecule has 1 amide bonds. The molecule has 0 aliphatic carbocycles. The summed E-state index contributed by atoms with van der Waals surface area (Å²) in [6.07, 6.45) is -0.562. The fourth-order valence-corrected chi connectivity index (χ4v) is 3.71. The smallest absolute Gasteiger partial charge is 0.224 e. The fourth-order valence-electron chi connectivity index (χ4n) is 2.70. The number of amides is 1. The molecule has 0 radical (unpaired) electrons. The Labute approximate surface area is 179 Å². The van der Waals surface area contributed by atoms with Crippen molar-refractivity contribution in [1.29, 1.82) is 5.26 Å². The van der Waals surface area contributed by atoms with E-state index in [0.29, 0.717) is 16.1 Å². The van der Waals surface area contributed by atoms with E-state index in [2.05, 4.69) is 11.4 Å². The lowest BCUT2D eigenvalue weighted by Crippen LogP contribution is -2.29. The molecule has 0 aliphatic heterocycles. The maximum absolute atomic E-state index is 12.2. The highest BCUT2D eigenvalue weighted by atomic mass is 35.5. The zero-order chi connectivity index (χ0) is 20.6. The van der Waals surface area contributed by atoms with Crippen LogP contribution in [0, 0.1) is 11.3 Å². The average Bonchev–Trinajstić information content (AvgIpc) is 2.74. The highest BCUT2D eigenvalue weighted by Crippen LogP contribution is 2.28. The zero-order valence-corrected chi connectivity index (χ0v) is 17.1. The Kier molecular flexibility index (Phi) is 7.31. The van der Waals surface area contributed by atoms with Crippen molar-refractivity contribution in [3.63, 3.8) is 0 Å². The van der Waals surface area contributed by atoms with Crippen LogP contribution >= 0.6 is 23.4 Å². The normalized spacial score (nSPS) is 11.5. The van der Waals surface area contributed by atoms with Gasteiger partial charge in [0.1, 0.15) is 0 Å². The number of carbonyl (C=O) groups excluding carboxylic acids is 1. The molecule has 4 nitrogen and oxygen atoms in total. The Balaban J connectivity index is 1.49. The standard InChI is InChI=1S/C23H19ClN2O2S/c24-19-3-1-2-18(13-19)22(27)15-26-23(28)12-16-4-8-20(9-5-16)29-21-10-6-17(14-25)7-11-21/h1-11,13,22,27H,12,15H2,(H,26,28)/t22-/m1/s1. The molecule has 6 heteroatoms. The first-order chi connectivity index (χ1) is 14.0. The average molecular weight is 423 g/mol. The molecule has 0 bridgehead atoms. The molecule has 3 rings (SSSR count). The van der Waals surface area contributed by atoms with E-state index in [1.807, 2.05) is 36.4 Å². The van der Waals surface area contributed by atoms with Gasteiger partial charge in [-0.3, -0.25) is 4.79 Å². The minimum atomic E-state index is -0.802. The Hall–Kier alpha value is -2.78. The molecule has 3 aromatic carbocycles. The summed E-state index contributed by atoms with van der Waals surface area (Å²) in [7, 11) is 0. The lowest BCUT2D eigenvalue weighted by atomic mass is 10.1. The molecule has 0 spiro atoms. The Morgan fingerprint density at radius 3 is 2.34 bits per heavy atom. The third kappa shape index (κ3) is 6.37. The van der Waals surface area contributed by atoms with E-state index in [1.54, 1.807) is 48.2 Å². The van der Waals surface area contributed by atoms with Gasteiger partial charge in [-0.15, -0.1) is 0 Å². The van der Waals surface area contributed by atoms with Gasteiger partial charge in [0.2, 0.25) is 5.91 Å². The van der Waals surface area contributed by atoms with Crippen molar-refractivity contribution in [2.24, 2.45) is 0 Å². The van der Waals surface area contributed by atoms with Crippen molar-refractivity contribution in [3.8, 4) is 6.07 Å². The third-order valence-corrected chi connectivity index (χ3v) is 5.48. The lowest BCUT2D eigenvalue weighted by Gasteiger charge is -2.12. The minimum Gasteiger partial charge on any atom is -0.387 e. The van der Waals surface area contributed by atoms with Crippen LogP contribution in [0.5, 0.6) is 0 Å². The van der Waals surface area contributed by atoms with Crippen LogP contribution in [0.2, 0.25) is 5.02 Å². The molecule has 0 saturated heterocycles. The number of aliphatic hydroxyl groups excluding tert-OH is 1. The summed E-state index contributed by atoms with van der Waals surface area (Å²) in [6, 6.07) is 24.2. The van der Waals surface area contributed by atoms with E-state index in [1.165, 1.54) is 0 Å². The molecule has 0 aromatic heterocycles.